The molecule has 26 heavy (non-hydrogen) atoms. The summed E-state index contributed by atoms with van der Waals surface area (Å²) in [4.78, 5) is 11.3. The van der Waals surface area contributed by atoms with Gasteiger partial charge in [0, 0.05) is 36.8 Å². The Labute approximate surface area is 162 Å². The van der Waals surface area contributed by atoms with Gasteiger partial charge in [-0.3, -0.25) is 9.80 Å². The van der Waals surface area contributed by atoms with Crippen LogP contribution in [0.5, 0.6) is 0 Å². The van der Waals surface area contributed by atoms with E-state index in [2.05, 4.69) is 24.8 Å². The van der Waals surface area contributed by atoms with E-state index in [1.807, 2.05) is 24.3 Å². The number of rotatable bonds is 5. The van der Waals surface area contributed by atoms with Crippen molar-refractivity contribution in [3.8, 4) is 11.4 Å². The number of hydrogen-bond donors (Lipinski definition) is 0. The number of ether oxygens (including phenoxy) is 1. The molecule has 2 fully saturated rings. The molecule has 0 radical (unpaired) electrons. The average molecular weight is 394 g/mol. The molecule has 2 aliphatic rings. The number of thiocarbonyl (C=S) groups is 1. The quantitative estimate of drug-likeness (QED) is 0.716. The minimum absolute atomic E-state index is 0.595. The zero-order valence-corrected chi connectivity index (χ0v) is 15.9. The predicted octanol–water partition coefficient (Wildman–Crippen LogP) is 2.08. The van der Waals surface area contributed by atoms with Crippen LogP contribution in [-0.2, 0) is 11.3 Å². The van der Waals surface area contributed by atoms with Crippen LogP contribution in [0.1, 0.15) is 5.89 Å². The Kier molecular flexibility index (Phi) is 5.35. The molecule has 1 aromatic carbocycles. The van der Waals surface area contributed by atoms with Crippen LogP contribution >= 0.6 is 23.8 Å². The minimum atomic E-state index is 0.595. The van der Waals surface area contributed by atoms with E-state index in [9.17, 15) is 0 Å². The molecule has 0 atom stereocenters. The minimum Gasteiger partial charge on any atom is -0.469 e. The van der Waals surface area contributed by atoms with Gasteiger partial charge >= 0.3 is 0 Å². The molecule has 0 aliphatic carbocycles. The monoisotopic (exact) mass is 393 g/mol. The first kappa shape index (κ1) is 17.7. The van der Waals surface area contributed by atoms with Crippen LogP contribution in [0, 0.1) is 0 Å². The van der Waals surface area contributed by atoms with Crippen molar-refractivity contribution >= 4 is 29.0 Å². The summed E-state index contributed by atoms with van der Waals surface area (Å²) < 4.78 is 10.7. The summed E-state index contributed by atoms with van der Waals surface area (Å²) in [5, 5.41) is 5.38. The van der Waals surface area contributed by atoms with Crippen LogP contribution in [0.2, 0.25) is 5.02 Å². The van der Waals surface area contributed by atoms with Gasteiger partial charge in [0.05, 0.1) is 19.8 Å². The van der Waals surface area contributed by atoms with E-state index < -0.39 is 0 Å². The largest absolute Gasteiger partial charge is 0.469 e. The lowest BCUT2D eigenvalue weighted by atomic mass is 10.2. The zero-order valence-electron chi connectivity index (χ0n) is 14.3. The third-order valence-electron chi connectivity index (χ3n) is 4.61. The molecule has 2 aromatic rings. The van der Waals surface area contributed by atoms with Crippen LogP contribution in [0.25, 0.3) is 11.4 Å². The molecule has 2 saturated heterocycles. The molecule has 0 amide bonds. The first-order chi connectivity index (χ1) is 12.7. The molecule has 1 aromatic heterocycles. The first-order valence-corrected chi connectivity index (χ1v) is 9.41. The van der Waals surface area contributed by atoms with Gasteiger partial charge in [-0.15, -0.1) is 0 Å². The molecular formula is C17H20ClN5O2S. The van der Waals surface area contributed by atoms with Crippen LogP contribution in [0.4, 0.5) is 0 Å². The molecule has 4 rings (SSSR count). The molecule has 0 saturated carbocycles. The standard InChI is InChI=1S/C17H20ClN5O2S/c18-14-3-1-13(2-4-14)16-19-15(25-20-16)11-21-5-7-22(8-6-21)12-23-9-10-24-17(23)26/h1-4H,5-12H2. The number of piperazine rings is 1. The Morgan fingerprint density at radius 2 is 1.77 bits per heavy atom. The number of aromatic nitrogens is 2. The maximum atomic E-state index is 5.91. The van der Waals surface area contributed by atoms with E-state index in [0.717, 1.165) is 45.0 Å². The van der Waals surface area contributed by atoms with Crippen molar-refractivity contribution in [2.24, 2.45) is 0 Å². The van der Waals surface area contributed by atoms with Gasteiger partial charge in [0.15, 0.2) is 0 Å². The lowest BCUT2D eigenvalue weighted by Crippen LogP contribution is -2.49. The van der Waals surface area contributed by atoms with Gasteiger partial charge in [0.25, 0.3) is 5.17 Å². The van der Waals surface area contributed by atoms with E-state index in [1.165, 1.54) is 0 Å². The van der Waals surface area contributed by atoms with Gasteiger partial charge in [-0.05, 0) is 36.5 Å². The van der Waals surface area contributed by atoms with Crippen molar-refractivity contribution in [2.45, 2.75) is 6.54 Å². The molecule has 2 aliphatic heterocycles. The summed E-state index contributed by atoms with van der Waals surface area (Å²) in [5.74, 6) is 1.23. The third-order valence-corrected chi connectivity index (χ3v) is 5.24. The van der Waals surface area contributed by atoms with Crippen molar-refractivity contribution in [1.82, 2.24) is 24.8 Å². The average Bonchev–Trinajstić information content (AvgIpc) is 3.27. The molecule has 0 N–H and O–H groups in total. The van der Waals surface area contributed by atoms with Crippen LogP contribution in [-0.4, -0.2) is 76.0 Å². The van der Waals surface area contributed by atoms with Gasteiger partial charge in [0.2, 0.25) is 11.7 Å². The van der Waals surface area contributed by atoms with Gasteiger partial charge in [0.1, 0.15) is 6.61 Å². The van der Waals surface area contributed by atoms with Crippen molar-refractivity contribution in [1.29, 1.82) is 0 Å². The smallest absolute Gasteiger partial charge is 0.260 e. The number of benzene rings is 1. The summed E-state index contributed by atoms with van der Waals surface area (Å²) in [5.41, 5.74) is 0.901. The second-order valence-corrected chi connectivity index (χ2v) is 7.22. The molecule has 0 unspecified atom stereocenters. The lowest BCUT2D eigenvalue weighted by Gasteiger charge is -2.35. The Balaban J connectivity index is 1.28. The summed E-state index contributed by atoms with van der Waals surface area (Å²) in [6.45, 7) is 6.98. The fraction of sp³-hybridized carbons (Fsp3) is 0.471. The summed E-state index contributed by atoms with van der Waals surface area (Å²) in [6.07, 6.45) is 0. The van der Waals surface area contributed by atoms with Crippen molar-refractivity contribution in [3.05, 3.63) is 35.2 Å². The van der Waals surface area contributed by atoms with Crippen LogP contribution < -0.4 is 0 Å². The predicted molar refractivity (Wildman–Crippen MR) is 102 cm³/mol. The Bertz CT molecular complexity index is 761. The highest BCUT2D eigenvalue weighted by Crippen LogP contribution is 2.19. The number of hydrogen-bond acceptors (Lipinski definition) is 7. The maximum absolute atomic E-state index is 5.91. The molecule has 138 valence electrons. The summed E-state index contributed by atoms with van der Waals surface area (Å²) >= 11 is 11.1. The second-order valence-electron chi connectivity index (χ2n) is 6.43. The highest BCUT2D eigenvalue weighted by Gasteiger charge is 2.24. The Morgan fingerprint density at radius 3 is 2.46 bits per heavy atom. The van der Waals surface area contributed by atoms with Crippen molar-refractivity contribution in [3.63, 3.8) is 0 Å². The van der Waals surface area contributed by atoms with Crippen molar-refractivity contribution < 1.29 is 9.26 Å². The molecule has 0 bridgehead atoms. The van der Waals surface area contributed by atoms with Gasteiger partial charge in [-0.2, -0.15) is 4.98 Å². The SMILES string of the molecule is S=C1OCCN1CN1CCN(Cc2nc(-c3ccc(Cl)cc3)no2)CC1. The van der Waals surface area contributed by atoms with Gasteiger partial charge in [-0.25, -0.2) is 0 Å². The third kappa shape index (κ3) is 4.15. The van der Waals surface area contributed by atoms with Crippen molar-refractivity contribution in [2.75, 3.05) is 46.0 Å². The van der Waals surface area contributed by atoms with Crippen LogP contribution in [0.3, 0.4) is 0 Å². The van der Waals surface area contributed by atoms with E-state index in [-0.39, 0.29) is 0 Å². The van der Waals surface area contributed by atoms with E-state index in [1.54, 1.807) is 0 Å². The van der Waals surface area contributed by atoms with E-state index >= 15 is 0 Å². The number of nitrogens with zero attached hydrogens (tertiary/aromatic N) is 5. The molecular weight excluding hydrogens is 374 g/mol. The Morgan fingerprint density at radius 1 is 1.04 bits per heavy atom. The van der Waals surface area contributed by atoms with Crippen LogP contribution in [0.15, 0.2) is 28.8 Å². The fourth-order valence-electron chi connectivity index (χ4n) is 3.11. The molecule has 3 heterocycles. The summed E-state index contributed by atoms with van der Waals surface area (Å²) in [6, 6.07) is 7.43. The fourth-order valence-corrected chi connectivity index (χ4v) is 3.47. The molecule has 7 nitrogen and oxygen atoms in total. The topological polar surface area (TPSA) is 57.9 Å². The lowest BCUT2D eigenvalue weighted by molar-refractivity contribution is 0.0915. The summed E-state index contributed by atoms with van der Waals surface area (Å²) in [7, 11) is 0. The van der Waals surface area contributed by atoms with Gasteiger partial charge < -0.3 is 14.2 Å². The Hall–Kier alpha value is -1.74. The van der Waals surface area contributed by atoms with Gasteiger partial charge in [-0.1, -0.05) is 16.8 Å². The molecule has 9 heteroatoms. The van der Waals surface area contributed by atoms with E-state index in [4.69, 9.17) is 33.1 Å². The number of halogens is 1. The normalized spacial score (nSPS) is 19.1. The second kappa shape index (κ2) is 7.87. The van der Waals surface area contributed by atoms with E-state index in [0.29, 0.717) is 35.1 Å². The first-order valence-electron chi connectivity index (χ1n) is 8.62. The zero-order chi connectivity index (χ0) is 17.9. The highest BCUT2D eigenvalue weighted by molar-refractivity contribution is 7.80. The highest BCUT2D eigenvalue weighted by atomic mass is 35.5. The maximum Gasteiger partial charge on any atom is 0.260 e. The molecule has 0 spiro atoms.